The highest BCUT2D eigenvalue weighted by Crippen LogP contribution is 2.44. The van der Waals surface area contributed by atoms with E-state index < -0.39 is 141 Å². The van der Waals surface area contributed by atoms with Gasteiger partial charge in [-0.2, -0.15) is 0 Å². The number of azide groups is 2. The highest BCUT2D eigenvalue weighted by atomic mass is 16.8. The molecule has 17 atom stereocenters. The monoisotopic (exact) mass is 1140 g/mol. The van der Waals surface area contributed by atoms with Crippen molar-refractivity contribution < 1.29 is 85.6 Å². The topological polar surface area (TPSA) is 326 Å². The van der Waals surface area contributed by atoms with Crippen LogP contribution in [0, 0.1) is 11.8 Å². The van der Waals surface area contributed by atoms with Crippen LogP contribution in [0.25, 0.3) is 20.9 Å². The summed E-state index contributed by atoms with van der Waals surface area (Å²) in [5.74, 6) is -3.69. The average molecular weight is 1140 g/mol. The van der Waals surface area contributed by atoms with Gasteiger partial charge in [0.1, 0.15) is 43.7 Å². The number of nitrogens with one attached hydrogen (secondary N) is 1. The van der Waals surface area contributed by atoms with Gasteiger partial charge in [-0.05, 0) is 59.4 Å². The van der Waals surface area contributed by atoms with E-state index in [0.717, 1.165) is 37.5 Å². The fourth-order valence-electron chi connectivity index (χ4n) is 11.1. The van der Waals surface area contributed by atoms with Crippen LogP contribution < -0.4 is 5.32 Å². The second kappa shape index (κ2) is 28.9. The van der Waals surface area contributed by atoms with Gasteiger partial charge in [-0.1, -0.05) is 115 Å². The standard InChI is InChI=1S/C56H68N8O18/c1-6-41-47(81-53-44(61-63-58)49(74-33(4)66)48(73-32(3)65)42(78-53)26-59-62-57)51(75-34(5)67)54(77-41)82-50-45(31(2)24-38-25-43(68)79-46(38)50)80-52-40(60-55(69)71-29-36-18-12-8-13-19-36)23-22-39(76-52)28-64(27-35-16-10-7-11-17-35)56(70)72-30-37-20-14-9-15-21-37/h7-21,31,38-42,44-54H,6,22-30H2,1-5H3,(H,60,69)/t31-,38-,39-,40+,41+,42-,44+,45+,46-,47+,48+,49+,50-,51+,52+,53+,54-/m0/s1. The van der Waals surface area contributed by atoms with Crippen LogP contribution in [0.5, 0.6) is 0 Å². The summed E-state index contributed by atoms with van der Waals surface area (Å²) in [7, 11) is 0. The first kappa shape index (κ1) is 60.6. The first-order valence-corrected chi connectivity index (χ1v) is 27.3. The van der Waals surface area contributed by atoms with E-state index in [4.69, 9.17) is 56.8 Å². The van der Waals surface area contributed by atoms with Crippen LogP contribution in [0.2, 0.25) is 0 Å². The van der Waals surface area contributed by atoms with E-state index in [-0.39, 0.29) is 45.1 Å². The van der Waals surface area contributed by atoms with Crippen LogP contribution in [0.15, 0.2) is 101 Å². The summed E-state index contributed by atoms with van der Waals surface area (Å²) in [6.07, 6.45) is -16.1. The van der Waals surface area contributed by atoms with E-state index in [1.807, 2.05) is 97.9 Å². The third-order valence-electron chi connectivity index (χ3n) is 14.7. The number of carbonyl (C=O) groups is 6. The minimum absolute atomic E-state index is 0.0245. The number of esters is 4. The number of benzene rings is 3. The van der Waals surface area contributed by atoms with Crippen LogP contribution in [-0.2, 0) is 95.8 Å². The summed E-state index contributed by atoms with van der Waals surface area (Å²) >= 11 is 0. The van der Waals surface area contributed by atoms with Crippen LogP contribution >= 0.6 is 0 Å². The Hall–Kier alpha value is -7.54. The molecule has 5 fully saturated rings. The van der Waals surface area contributed by atoms with E-state index in [0.29, 0.717) is 19.3 Å². The molecule has 1 N–H and O–H groups in total. The molecule has 1 saturated carbocycles. The van der Waals surface area contributed by atoms with Gasteiger partial charge in [0.2, 0.25) is 0 Å². The second-order valence-electron chi connectivity index (χ2n) is 20.7. The summed E-state index contributed by atoms with van der Waals surface area (Å²) in [6.45, 7) is 6.79. The molecule has 4 aliphatic heterocycles. The van der Waals surface area contributed by atoms with Crippen molar-refractivity contribution in [1.82, 2.24) is 10.2 Å². The van der Waals surface area contributed by atoms with Gasteiger partial charge in [0, 0.05) is 43.1 Å². The summed E-state index contributed by atoms with van der Waals surface area (Å²) < 4.78 is 74.7. The number of amides is 2. The van der Waals surface area contributed by atoms with Gasteiger partial charge in [-0.15, -0.1) is 0 Å². The predicted octanol–water partition coefficient (Wildman–Crippen LogP) is 7.40. The van der Waals surface area contributed by atoms with Gasteiger partial charge in [-0.25, -0.2) is 9.59 Å². The minimum Gasteiger partial charge on any atom is -0.459 e. The van der Waals surface area contributed by atoms with Crippen molar-refractivity contribution in [2.45, 2.75) is 178 Å². The molecule has 3 aromatic rings. The molecule has 0 radical (unpaired) electrons. The van der Waals surface area contributed by atoms with Gasteiger partial charge in [0.25, 0.3) is 0 Å². The number of hydrogen-bond acceptors (Lipinski definition) is 20. The molecule has 4 saturated heterocycles. The highest BCUT2D eigenvalue weighted by molar-refractivity contribution is 5.72. The Bertz CT molecular complexity index is 2760. The Labute approximate surface area is 472 Å². The van der Waals surface area contributed by atoms with Crippen molar-refractivity contribution in [1.29, 1.82) is 0 Å². The molecule has 82 heavy (non-hydrogen) atoms. The molecule has 440 valence electrons. The normalized spacial score (nSPS) is 31.1. The fraction of sp³-hybridized carbons (Fsp3) is 0.571. The quantitative estimate of drug-likeness (QED) is 0.0337. The summed E-state index contributed by atoms with van der Waals surface area (Å²) in [6, 6.07) is 25.5. The molecule has 4 heterocycles. The smallest absolute Gasteiger partial charge is 0.410 e. The molecule has 0 bridgehead atoms. The molecular formula is C56H68N8O18. The maximum absolute atomic E-state index is 14.0. The number of carbonyl (C=O) groups excluding carboxylic acids is 6. The summed E-state index contributed by atoms with van der Waals surface area (Å²) in [5.41, 5.74) is 21.5. The number of hydrogen-bond donors (Lipinski definition) is 1. The Morgan fingerprint density at radius 2 is 1.26 bits per heavy atom. The maximum Gasteiger partial charge on any atom is 0.410 e. The third-order valence-corrected chi connectivity index (χ3v) is 14.7. The van der Waals surface area contributed by atoms with Crippen molar-refractivity contribution in [3.05, 3.63) is 129 Å². The summed E-state index contributed by atoms with van der Waals surface area (Å²) in [4.78, 5) is 86.2. The number of rotatable bonds is 22. The zero-order valence-electron chi connectivity index (χ0n) is 46.0. The lowest BCUT2D eigenvalue weighted by molar-refractivity contribution is -0.298. The van der Waals surface area contributed by atoms with Crippen molar-refractivity contribution in [3.8, 4) is 0 Å². The van der Waals surface area contributed by atoms with E-state index in [9.17, 15) is 39.8 Å². The SMILES string of the molecule is CC[C@H]1O[C@@H](O[C@@H]2[C@H]3OC(=O)C[C@@H]3C[C@H](C)[C@H]2O[C@H]2O[C@H](CN(Cc3ccccc3)C(=O)OCc3ccccc3)CC[C@H]2NC(=O)OCc2ccccc2)[C@H](OC(C)=O)[C@@H]1O[C@H]1O[C@@H](CN=[N+]=[N-])[C@@H](OC(C)=O)[C@H](OC(C)=O)[C@H]1N=[N+]=[N-]. The van der Waals surface area contributed by atoms with E-state index in [1.165, 1.54) is 0 Å². The lowest BCUT2D eigenvalue weighted by atomic mass is 9.76. The molecule has 1 aliphatic carbocycles. The molecule has 0 unspecified atom stereocenters. The largest absolute Gasteiger partial charge is 0.459 e. The molecular weight excluding hydrogens is 1070 g/mol. The molecule has 26 nitrogen and oxygen atoms in total. The lowest BCUT2D eigenvalue weighted by Gasteiger charge is -2.46. The molecule has 0 spiro atoms. The molecule has 3 aromatic carbocycles. The molecule has 5 aliphatic rings. The lowest BCUT2D eigenvalue weighted by Crippen LogP contribution is -2.62. The van der Waals surface area contributed by atoms with Crippen LogP contribution in [0.3, 0.4) is 0 Å². The number of fused-ring (bicyclic) bond motifs is 1. The summed E-state index contributed by atoms with van der Waals surface area (Å²) in [5, 5.41) is 10.4. The Morgan fingerprint density at radius 1 is 0.671 bits per heavy atom. The van der Waals surface area contributed by atoms with Gasteiger partial charge in [-0.3, -0.25) is 19.2 Å². The average Bonchev–Trinajstić information content (AvgIpc) is 3.28. The van der Waals surface area contributed by atoms with Gasteiger partial charge < -0.3 is 67.1 Å². The maximum atomic E-state index is 14.0. The first-order chi connectivity index (χ1) is 39.6. The van der Waals surface area contributed by atoms with Crippen LogP contribution in [0.4, 0.5) is 9.59 Å². The van der Waals surface area contributed by atoms with Gasteiger partial charge >= 0.3 is 36.1 Å². The van der Waals surface area contributed by atoms with Crippen molar-refractivity contribution >= 4 is 36.1 Å². The van der Waals surface area contributed by atoms with Gasteiger partial charge in [0.05, 0.1) is 43.9 Å². The molecule has 8 rings (SSSR count). The van der Waals surface area contributed by atoms with Gasteiger partial charge in [0.15, 0.2) is 37.2 Å². The predicted molar refractivity (Wildman–Crippen MR) is 283 cm³/mol. The minimum atomic E-state index is -1.65. The van der Waals surface area contributed by atoms with E-state index in [1.54, 1.807) is 11.8 Å². The Morgan fingerprint density at radius 3 is 1.88 bits per heavy atom. The van der Waals surface area contributed by atoms with Crippen molar-refractivity contribution in [2.24, 2.45) is 22.1 Å². The number of nitrogens with zero attached hydrogens (tertiary/aromatic N) is 7. The third kappa shape index (κ3) is 15.9. The van der Waals surface area contributed by atoms with E-state index in [2.05, 4.69) is 25.4 Å². The van der Waals surface area contributed by atoms with Crippen LogP contribution in [-0.4, -0.2) is 146 Å². The van der Waals surface area contributed by atoms with Crippen molar-refractivity contribution in [3.63, 3.8) is 0 Å². The second-order valence-corrected chi connectivity index (χ2v) is 20.7. The molecule has 0 aromatic heterocycles. The first-order valence-electron chi connectivity index (χ1n) is 27.3. The molecule has 2 amide bonds. The fourth-order valence-corrected chi connectivity index (χ4v) is 11.1. The van der Waals surface area contributed by atoms with Crippen molar-refractivity contribution in [2.75, 3.05) is 13.1 Å². The number of alkyl carbamates (subject to hydrolysis) is 1. The van der Waals surface area contributed by atoms with E-state index >= 15 is 0 Å². The zero-order chi connectivity index (χ0) is 58.3. The molecule has 26 heteroatoms. The number of ether oxygens (including phenoxy) is 12. The Kier molecular flexibility index (Phi) is 21.4. The Balaban J connectivity index is 1.09. The zero-order valence-corrected chi connectivity index (χ0v) is 46.0. The van der Waals surface area contributed by atoms with Crippen LogP contribution in [0.1, 0.15) is 83.4 Å². The highest BCUT2D eigenvalue weighted by Gasteiger charge is 2.58.